The zero-order valence-electron chi connectivity index (χ0n) is 11.4. The molecule has 1 unspecified atom stereocenters. The highest BCUT2D eigenvalue weighted by atomic mass is 32.2. The van der Waals surface area contributed by atoms with Crippen LogP contribution in [0.3, 0.4) is 0 Å². The summed E-state index contributed by atoms with van der Waals surface area (Å²) in [6, 6.07) is 0. The highest BCUT2D eigenvalue weighted by molar-refractivity contribution is 8.00. The molecule has 1 aromatic heterocycles. The van der Waals surface area contributed by atoms with Gasteiger partial charge in [-0.3, -0.25) is 0 Å². The molecule has 100 valence electrons. The zero-order valence-corrected chi connectivity index (χ0v) is 12.2. The lowest BCUT2D eigenvalue weighted by Crippen LogP contribution is -2.39. The van der Waals surface area contributed by atoms with Gasteiger partial charge in [-0.2, -0.15) is 11.8 Å². The molecule has 1 aliphatic rings. The van der Waals surface area contributed by atoms with Crippen molar-refractivity contribution in [2.24, 2.45) is 0 Å². The third-order valence-corrected chi connectivity index (χ3v) is 4.74. The molecule has 2 rings (SSSR count). The Morgan fingerprint density at radius 1 is 1.50 bits per heavy atom. The molecular weight excluding hydrogens is 244 g/mol. The van der Waals surface area contributed by atoms with Gasteiger partial charge in [-0.1, -0.05) is 20.8 Å². The monoisotopic (exact) mass is 266 g/mol. The van der Waals surface area contributed by atoms with Crippen LogP contribution < -0.4 is 10.6 Å². The number of hydrogen-bond donors (Lipinski definition) is 1. The minimum absolute atomic E-state index is 0.357. The van der Waals surface area contributed by atoms with E-state index >= 15 is 0 Å². The molecule has 2 N–H and O–H groups in total. The molecule has 2 heterocycles. The molecule has 0 aliphatic carbocycles. The molecule has 18 heavy (non-hydrogen) atoms. The number of hydrogen-bond acceptors (Lipinski definition) is 5. The van der Waals surface area contributed by atoms with Crippen LogP contribution in [0.5, 0.6) is 0 Å². The van der Waals surface area contributed by atoms with E-state index in [-0.39, 0.29) is 0 Å². The van der Waals surface area contributed by atoms with Crippen molar-refractivity contribution in [3.8, 4) is 0 Å². The number of thioether (sulfide) groups is 1. The van der Waals surface area contributed by atoms with Gasteiger partial charge in [-0.15, -0.1) is 0 Å². The fourth-order valence-corrected chi connectivity index (χ4v) is 3.54. The Balaban J connectivity index is 2.29. The molecule has 5 heteroatoms. The van der Waals surface area contributed by atoms with Crippen molar-refractivity contribution in [3.05, 3.63) is 11.9 Å². The molecule has 0 bridgehead atoms. The number of nitrogens with two attached hydrogens (primary N) is 1. The lowest BCUT2D eigenvalue weighted by molar-refractivity contribution is 0.707. The van der Waals surface area contributed by atoms with Crippen molar-refractivity contribution in [2.75, 3.05) is 29.5 Å². The average Bonchev–Trinajstić information content (AvgIpc) is 2.38. The first kappa shape index (κ1) is 13.5. The van der Waals surface area contributed by atoms with E-state index in [1.54, 1.807) is 6.33 Å². The number of rotatable bonds is 3. The van der Waals surface area contributed by atoms with Crippen molar-refractivity contribution in [3.63, 3.8) is 0 Å². The van der Waals surface area contributed by atoms with Gasteiger partial charge in [0.2, 0.25) is 0 Å². The molecule has 1 fully saturated rings. The molecule has 1 aromatic rings. The summed E-state index contributed by atoms with van der Waals surface area (Å²) in [4.78, 5) is 11.0. The van der Waals surface area contributed by atoms with Crippen molar-refractivity contribution in [1.29, 1.82) is 0 Å². The van der Waals surface area contributed by atoms with Crippen LogP contribution in [-0.2, 0) is 0 Å². The number of anilines is 2. The van der Waals surface area contributed by atoms with Crippen LogP contribution in [0.15, 0.2) is 6.33 Å². The lowest BCUT2D eigenvalue weighted by atomic mass is 10.0. The molecule has 0 radical (unpaired) electrons. The summed E-state index contributed by atoms with van der Waals surface area (Å²) < 4.78 is 0. The number of nitrogen functional groups attached to an aromatic ring is 1. The highest BCUT2D eigenvalue weighted by Gasteiger charge is 2.24. The van der Waals surface area contributed by atoms with Gasteiger partial charge in [0.1, 0.15) is 18.0 Å². The maximum Gasteiger partial charge on any atom is 0.137 e. The summed E-state index contributed by atoms with van der Waals surface area (Å²) in [6.45, 7) is 8.66. The second-order valence-electron chi connectivity index (χ2n) is 5.00. The first-order chi connectivity index (χ1) is 8.63. The third-order valence-electron chi connectivity index (χ3n) is 3.36. The maximum absolute atomic E-state index is 6.01. The van der Waals surface area contributed by atoms with Crippen LogP contribution in [0.1, 0.15) is 38.7 Å². The van der Waals surface area contributed by atoms with Gasteiger partial charge in [-0.25, -0.2) is 9.97 Å². The average molecular weight is 266 g/mol. The molecule has 0 spiro atoms. The Labute approximate surface area is 113 Å². The number of nitrogens with zero attached hydrogens (tertiary/aromatic N) is 3. The van der Waals surface area contributed by atoms with Crippen molar-refractivity contribution in [2.45, 2.75) is 38.4 Å². The minimum atomic E-state index is 0.357. The zero-order chi connectivity index (χ0) is 13.1. The van der Waals surface area contributed by atoms with Crippen molar-refractivity contribution in [1.82, 2.24) is 9.97 Å². The predicted octanol–water partition coefficient (Wildman–Crippen LogP) is 2.51. The van der Waals surface area contributed by atoms with E-state index in [0.717, 1.165) is 24.5 Å². The van der Waals surface area contributed by atoms with Crippen LogP contribution in [0, 0.1) is 0 Å². The van der Waals surface area contributed by atoms with E-state index in [1.165, 1.54) is 12.2 Å². The van der Waals surface area contributed by atoms with E-state index in [9.17, 15) is 0 Å². The topological polar surface area (TPSA) is 55.0 Å². The Bertz CT molecular complexity index is 408. The van der Waals surface area contributed by atoms with Crippen molar-refractivity contribution >= 4 is 23.4 Å². The maximum atomic E-state index is 6.01. The summed E-state index contributed by atoms with van der Waals surface area (Å²) in [7, 11) is 0. The molecule has 1 saturated heterocycles. The Kier molecular flexibility index (Phi) is 4.32. The Morgan fingerprint density at radius 3 is 2.94 bits per heavy atom. The smallest absolute Gasteiger partial charge is 0.137 e. The first-order valence-corrected chi connectivity index (χ1v) is 7.65. The van der Waals surface area contributed by atoms with E-state index in [0.29, 0.717) is 17.0 Å². The van der Waals surface area contributed by atoms with Gasteiger partial charge in [0.05, 0.1) is 0 Å². The second-order valence-corrected chi connectivity index (χ2v) is 6.41. The molecule has 1 aliphatic heterocycles. The van der Waals surface area contributed by atoms with Crippen LogP contribution in [-0.4, -0.2) is 34.1 Å². The van der Waals surface area contributed by atoms with Gasteiger partial charge < -0.3 is 10.6 Å². The summed E-state index contributed by atoms with van der Waals surface area (Å²) >= 11 is 2.06. The van der Waals surface area contributed by atoms with Crippen LogP contribution in [0.2, 0.25) is 0 Å². The standard InChI is InChI=1S/C13H22N4S/c1-4-10-7-17(5-6-18-10)13-11(9(2)3)12(14)15-8-16-13/h8-10H,4-7H2,1-3H3,(H2,14,15,16). The van der Waals surface area contributed by atoms with Gasteiger partial charge in [0.25, 0.3) is 0 Å². The summed E-state index contributed by atoms with van der Waals surface area (Å²) in [6.07, 6.45) is 2.79. The fourth-order valence-electron chi connectivity index (χ4n) is 2.36. The quantitative estimate of drug-likeness (QED) is 0.911. The van der Waals surface area contributed by atoms with E-state index in [4.69, 9.17) is 5.73 Å². The molecular formula is C13H22N4S. The minimum Gasteiger partial charge on any atom is -0.383 e. The molecule has 1 atom stereocenters. The summed E-state index contributed by atoms with van der Waals surface area (Å²) in [5.74, 6) is 3.19. The Morgan fingerprint density at radius 2 is 2.28 bits per heavy atom. The van der Waals surface area contributed by atoms with E-state index in [2.05, 4.69) is 47.4 Å². The molecule has 4 nitrogen and oxygen atoms in total. The van der Waals surface area contributed by atoms with E-state index < -0.39 is 0 Å². The predicted molar refractivity (Wildman–Crippen MR) is 79.3 cm³/mol. The summed E-state index contributed by atoms with van der Waals surface area (Å²) in [5, 5.41) is 0.704. The third kappa shape index (κ3) is 2.71. The van der Waals surface area contributed by atoms with E-state index in [1.807, 2.05) is 0 Å². The second kappa shape index (κ2) is 5.78. The molecule has 0 amide bonds. The van der Waals surface area contributed by atoms with Crippen LogP contribution >= 0.6 is 11.8 Å². The highest BCUT2D eigenvalue weighted by Crippen LogP contribution is 2.32. The van der Waals surface area contributed by atoms with Gasteiger partial charge in [0, 0.05) is 29.7 Å². The fraction of sp³-hybridized carbons (Fsp3) is 0.692. The van der Waals surface area contributed by atoms with Gasteiger partial charge in [-0.05, 0) is 12.3 Å². The van der Waals surface area contributed by atoms with Gasteiger partial charge >= 0.3 is 0 Å². The largest absolute Gasteiger partial charge is 0.383 e. The first-order valence-electron chi connectivity index (χ1n) is 6.60. The molecule has 0 saturated carbocycles. The van der Waals surface area contributed by atoms with Crippen molar-refractivity contribution < 1.29 is 0 Å². The van der Waals surface area contributed by atoms with Gasteiger partial charge in [0.15, 0.2) is 0 Å². The summed E-state index contributed by atoms with van der Waals surface area (Å²) in [5.41, 5.74) is 7.11. The lowest BCUT2D eigenvalue weighted by Gasteiger charge is -2.34. The SMILES string of the molecule is CCC1CN(c2ncnc(N)c2C(C)C)CCS1. The Hall–Kier alpha value is -0.970. The van der Waals surface area contributed by atoms with Crippen LogP contribution in [0.25, 0.3) is 0 Å². The normalized spacial score (nSPS) is 20.4. The number of aromatic nitrogens is 2. The molecule has 0 aromatic carbocycles. The van der Waals surface area contributed by atoms with Crippen LogP contribution in [0.4, 0.5) is 11.6 Å².